The van der Waals surface area contributed by atoms with Crippen molar-refractivity contribution in [1.29, 1.82) is 0 Å². The van der Waals surface area contributed by atoms with Crippen LogP contribution >= 0.6 is 0 Å². The van der Waals surface area contributed by atoms with Crippen LogP contribution in [0.4, 0.5) is 17.1 Å². The predicted octanol–water partition coefficient (Wildman–Crippen LogP) is 7.71. The molecule has 5 aromatic rings. The van der Waals surface area contributed by atoms with Gasteiger partial charge in [-0.2, -0.15) is 0 Å². The Morgan fingerprint density at radius 1 is 0.838 bits per heavy atom. The van der Waals surface area contributed by atoms with E-state index in [9.17, 15) is 4.79 Å². The van der Waals surface area contributed by atoms with Gasteiger partial charge < -0.3 is 10.6 Å². The van der Waals surface area contributed by atoms with E-state index in [4.69, 9.17) is 0 Å². The summed E-state index contributed by atoms with van der Waals surface area (Å²) >= 11 is 0. The van der Waals surface area contributed by atoms with Crippen molar-refractivity contribution in [2.45, 2.75) is 18.8 Å². The summed E-state index contributed by atoms with van der Waals surface area (Å²) < 4.78 is 0. The minimum atomic E-state index is -0.245. The number of rotatable bonds is 7. The molecule has 1 fully saturated rings. The Labute approximate surface area is 215 Å². The summed E-state index contributed by atoms with van der Waals surface area (Å²) in [4.78, 5) is 20.7. The standard InChI is InChI=1S/C32H26N4O/c1-2-31(37)36-29-11-5-8-24(17-29)30-18-25(14-26-19-33-20-34-32(26)30)23-7-4-10-28(16-23)35-27-9-3-6-22(15-27)21-12-13-21/h2-11,14-21,35H,1,12-13H2,(H,36,37). The van der Waals surface area contributed by atoms with E-state index < -0.39 is 0 Å². The molecule has 6 rings (SSSR count). The molecule has 1 aromatic heterocycles. The maximum Gasteiger partial charge on any atom is 0.247 e. The van der Waals surface area contributed by atoms with Crippen LogP contribution in [0.25, 0.3) is 33.2 Å². The monoisotopic (exact) mass is 482 g/mol. The van der Waals surface area contributed by atoms with Crippen LogP contribution < -0.4 is 10.6 Å². The maximum atomic E-state index is 11.8. The van der Waals surface area contributed by atoms with E-state index in [1.807, 2.05) is 30.5 Å². The molecular formula is C32H26N4O. The Hall–Kier alpha value is -4.77. The fraction of sp³-hybridized carbons (Fsp3) is 0.0938. The van der Waals surface area contributed by atoms with Crippen molar-refractivity contribution in [1.82, 2.24) is 9.97 Å². The third-order valence-electron chi connectivity index (χ3n) is 6.65. The number of aromatic nitrogens is 2. The molecule has 2 N–H and O–H groups in total. The van der Waals surface area contributed by atoms with Gasteiger partial charge in [0.25, 0.3) is 0 Å². The average molecular weight is 483 g/mol. The smallest absolute Gasteiger partial charge is 0.247 e. The van der Waals surface area contributed by atoms with Gasteiger partial charge in [-0.1, -0.05) is 43.0 Å². The van der Waals surface area contributed by atoms with Gasteiger partial charge in [0.1, 0.15) is 6.33 Å². The maximum absolute atomic E-state index is 11.8. The third-order valence-corrected chi connectivity index (χ3v) is 6.65. The molecule has 180 valence electrons. The Bertz CT molecular complexity index is 1640. The molecule has 0 aliphatic heterocycles. The van der Waals surface area contributed by atoms with Crippen molar-refractivity contribution in [3.8, 4) is 22.3 Å². The predicted molar refractivity (Wildman–Crippen MR) is 151 cm³/mol. The summed E-state index contributed by atoms with van der Waals surface area (Å²) in [5, 5.41) is 7.37. The van der Waals surface area contributed by atoms with Gasteiger partial charge in [0.2, 0.25) is 5.91 Å². The zero-order valence-corrected chi connectivity index (χ0v) is 20.3. The van der Waals surface area contributed by atoms with Crippen molar-refractivity contribution in [3.63, 3.8) is 0 Å². The van der Waals surface area contributed by atoms with Gasteiger partial charge in [-0.3, -0.25) is 4.79 Å². The second-order valence-corrected chi connectivity index (χ2v) is 9.36. The molecule has 0 unspecified atom stereocenters. The molecule has 0 saturated heterocycles. The van der Waals surface area contributed by atoms with Crippen LogP contribution in [0.15, 0.2) is 110 Å². The van der Waals surface area contributed by atoms with Crippen molar-refractivity contribution in [2.24, 2.45) is 0 Å². The fourth-order valence-electron chi connectivity index (χ4n) is 4.68. The first-order chi connectivity index (χ1) is 18.2. The molecule has 0 atom stereocenters. The number of hydrogen-bond donors (Lipinski definition) is 2. The molecule has 0 bridgehead atoms. The molecule has 1 heterocycles. The van der Waals surface area contributed by atoms with Crippen LogP contribution in [0.3, 0.4) is 0 Å². The van der Waals surface area contributed by atoms with Crippen molar-refractivity contribution < 1.29 is 4.79 Å². The van der Waals surface area contributed by atoms with E-state index in [1.54, 1.807) is 6.33 Å². The zero-order valence-electron chi connectivity index (χ0n) is 20.3. The summed E-state index contributed by atoms with van der Waals surface area (Å²) in [6, 6.07) is 29.2. The molecule has 4 aromatic carbocycles. The highest BCUT2D eigenvalue weighted by molar-refractivity contribution is 6.01. The Morgan fingerprint density at radius 2 is 1.57 bits per heavy atom. The summed E-state index contributed by atoms with van der Waals surface area (Å²) in [7, 11) is 0. The summed E-state index contributed by atoms with van der Waals surface area (Å²) in [6.45, 7) is 3.54. The highest BCUT2D eigenvalue weighted by Gasteiger charge is 2.23. The number of amides is 1. The van der Waals surface area contributed by atoms with Crippen LogP contribution in [0, 0.1) is 0 Å². The van der Waals surface area contributed by atoms with Gasteiger partial charge in [0, 0.05) is 34.2 Å². The molecule has 1 saturated carbocycles. The zero-order chi connectivity index (χ0) is 25.2. The highest BCUT2D eigenvalue weighted by Crippen LogP contribution is 2.41. The van der Waals surface area contributed by atoms with E-state index in [1.165, 1.54) is 24.5 Å². The number of benzene rings is 4. The highest BCUT2D eigenvalue weighted by atomic mass is 16.1. The minimum Gasteiger partial charge on any atom is -0.356 e. The third kappa shape index (κ3) is 4.98. The Morgan fingerprint density at radius 3 is 2.38 bits per heavy atom. The molecule has 1 aliphatic carbocycles. The first kappa shape index (κ1) is 22.7. The van der Waals surface area contributed by atoms with Crippen LogP contribution in [-0.2, 0) is 4.79 Å². The summed E-state index contributed by atoms with van der Waals surface area (Å²) in [5.41, 5.74) is 9.19. The Balaban J connectivity index is 1.38. The largest absolute Gasteiger partial charge is 0.356 e. The molecule has 5 nitrogen and oxygen atoms in total. The number of nitrogens with one attached hydrogen (secondary N) is 2. The van der Waals surface area contributed by atoms with Gasteiger partial charge in [-0.05, 0) is 95.6 Å². The number of anilines is 3. The van der Waals surface area contributed by atoms with Crippen molar-refractivity contribution >= 4 is 33.9 Å². The van der Waals surface area contributed by atoms with Gasteiger partial charge in [0.15, 0.2) is 0 Å². The number of carbonyl (C=O) groups excluding carboxylic acids is 1. The lowest BCUT2D eigenvalue weighted by molar-refractivity contribution is -0.111. The topological polar surface area (TPSA) is 66.9 Å². The number of hydrogen-bond acceptors (Lipinski definition) is 4. The second-order valence-electron chi connectivity index (χ2n) is 9.36. The van der Waals surface area contributed by atoms with E-state index in [0.29, 0.717) is 5.69 Å². The number of nitrogens with zero attached hydrogens (tertiary/aromatic N) is 2. The molecule has 37 heavy (non-hydrogen) atoms. The van der Waals surface area contributed by atoms with Gasteiger partial charge in [-0.15, -0.1) is 0 Å². The molecule has 0 spiro atoms. The summed E-state index contributed by atoms with van der Waals surface area (Å²) in [6.07, 6.45) is 7.24. The minimum absolute atomic E-state index is 0.245. The molecule has 1 amide bonds. The number of carbonyl (C=O) groups is 1. The molecule has 5 heteroatoms. The SMILES string of the molecule is C=CC(=O)Nc1cccc(-c2cc(-c3cccc(Nc4cccc(C5CC5)c4)c3)cc3cncnc23)c1. The van der Waals surface area contributed by atoms with Gasteiger partial charge in [0.05, 0.1) is 5.52 Å². The van der Waals surface area contributed by atoms with E-state index in [2.05, 4.69) is 87.8 Å². The van der Waals surface area contributed by atoms with Crippen LogP contribution in [-0.4, -0.2) is 15.9 Å². The lowest BCUT2D eigenvalue weighted by Gasteiger charge is -2.13. The van der Waals surface area contributed by atoms with Gasteiger partial charge >= 0.3 is 0 Å². The van der Waals surface area contributed by atoms with E-state index >= 15 is 0 Å². The summed E-state index contributed by atoms with van der Waals surface area (Å²) in [5.74, 6) is 0.472. The van der Waals surface area contributed by atoms with Crippen molar-refractivity contribution in [3.05, 3.63) is 116 Å². The first-order valence-electron chi connectivity index (χ1n) is 12.4. The van der Waals surface area contributed by atoms with Crippen molar-refractivity contribution in [2.75, 3.05) is 10.6 Å². The first-order valence-corrected chi connectivity index (χ1v) is 12.4. The Kier molecular flexibility index (Phi) is 5.95. The lowest BCUT2D eigenvalue weighted by atomic mass is 9.95. The van der Waals surface area contributed by atoms with Crippen LogP contribution in [0.1, 0.15) is 24.3 Å². The van der Waals surface area contributed by atoms with Gasteiger partial charge in [-0.25, -0.2) is 9.97 Å². The molecular weight excluding hydrogens is 456 g/mol. The van der Waals surface area contributed by atoms with Crippen LogP contribution in [0.2, 0.25) is 0 Å². The fourth-order valence-corrected chi connectivity index (χ4v) is 4.68. The van der Waals surface area contributed by atoms with E-state index in [0.717, 1.165) is 50.4 Å². The van der Waals surface area contributed by atoms with Crippen LogP contribution in [0.5, 0.6) is 0 Å². The lowest BCUT2D eigenvalue weighted by Crippen LogP contribution is -2.07. The van der Waals surface area contributed by atoms with E-state index in [-0.39, 0.29) is 5.91 Å². The normalized spacial score (nSPS) is 12.8. The molecule has 0 radical (unpaired) electrons. The molecule has 1 aliphatic rings. The quantitative estimate of drug-likeness (QED) is 0.233. The number of fused-ring (bicyclic) bond motifs is 1. The average Bonchev–Trinajstić information content (AvgIpc) is 3.79. The second kappa shape index (κ2) is 9.70.